The predicted octanol–water partition coefficient (Wildman–Crippen LogP) is 2.13. The first-order valence-corrected chi connectivity index (χ1v) is 8.28. The average Bonchev–Trinajstić information content (AvgIpc) is 2.45. The maximum Gasteiger partial charge on any atom is 0.323 e. The van der Waals surface area contributed by atoms with Crippen LogP contribution < -0.4 is 0 Å². The van der Waals surface area contributed by atoms with Crippen LogP contribution in [0.1, 0.15) is 46.0 Å². The van der Waals surface area contributed by atoms with Gasteiger partial charge in [0, 0.05) is 19.1 Å². The quantitative estimate of drug-likeness (QED) is 0.723. The van der Waals surface area contributed by atoms with Gasteiger partial charge in [0.2, 0.25) is 0 Å². The molecular formula is C16H30N2O2. The fraction of sp³-hybridized carbons (Fsp3) is 0.938. The van der Waals surface area contributed by atoms with Crippen LogP contribution in [0.5, 0.6) is 0 Å². The first-order valence-electron chi connectivity index (χ1n) is 8.28. The maximum atomic E-state index is 12.2. The lowest BCUT2D eigenvalue weighted by Gasteiger charge is -2.47. The summed E-state index contributed by atoms with van der Waals surface area (Å²) in [6, 6.07) is 0.706. The van der Waals surface area contributed by atoms with Crippen LogP contribution in [0.2, 0.25) is 0 Å². The van der Waals surface area contributed by atoms with E-state index in [0.29, 0.717) is 6.61 Å². The number of fused-ring (bicyclic) bond motifs is 1. The van der Waals surface area contributed by atoms with E-state index in [1.807, 2.05) is 6.92 Å². The van der Waals surface area contributed by atoms with Crippen LogP contribution in [0.25, 0.3) is 0 Å². The summed E-state index contributed by atoms with van der Waals surface area (Å²) < 4.78 is 5.28. The van der Waals surface area contributed by atoms with Gasteiger partial charge in [-0.25, -0.2) is 0 Å². The monoisotopic (exact) mass is 282 g/mol. The van der Waals surface area contributed by atoms with Gasteiger partial charge in [-0.2, -0.15) is 0 Å². The molecule has 2 fully saturated rings. The van der Waals surface area contributed by atoms with Crippen molar-refractivity contribution in [2.45, 2.75) is 58.0 Å². The summed E-state index contributed by atoms with van der Waals surface area (Å²) in [4.78, 5) is 17.1. The van der Waals surface area contributed by atoms with Gasteiger partial charge in [0.15, 0.2) is 0 Å². The molecule has 0 N–H and O–H groups in total. The standard InChI is InChI=1S/C16H30N2O2/c1-4-7-15(16(19)20-5-2)18-11-9-14-13(12-18)8-6-10-17(14)3/h13-15H,4-12H2,1-3H3. The number of hydrogen-bond donors (Lipinski definition) is 0. The summed E-state index contributed by atoms with van der Waals surface area (Å²) in [5.74, 6) is 0.716. The van der Waals surface area contributed by atoms with Crippen molar-refractivity contribution in [3.8, 4) is 0 Å². The third-order valence-corrected chi connectivity index (χ3v) is 4.94. The smallest absolute Gasteiger partial charge is 0.323 e. The van der Waals surface area contributed by atoms with Gasteiger partial charge < -0.3 is 9.64 Å². The third kappa shape index (κ3) is 3.53. The molecule has 0 radical (unpaired) electrons. The lowest BCUT2D eigenvalue weighted by molar-refractivity contribution is -0.151. The highest BCUT2D eigenvalue weighted by Gasteiger charge is 2.38. The van der Waals surface area contributed by atoms with Crippen molar-refractivity contribution in [3.63, 3.8) is 0 Å². The minimum absolute atomic E-state index is 0.0167. The Hall–Kier alpha value is -0.610. The number of carbonyl (C=O) groups is 1. The second-order valence-electron chi connectivity index (χ2n) is 6.29. The Labute approximate surface area is 123 Å². The molecule has 0 aromatic carbocycles. The predicted molar refractivity (Wildman–Crippen MR) is 80.7 cm³/mol. The van der Waals surface area contributed by atoms with E-state index in [-0.39, 0.29) is 12.0 Å². The minimum Gasteiger partial charge on any atom is -0.465 e. The Bertz CT molecular complexity index is 322. The van der Waals surface area contributed by atoms with E-state index in [1.165, 1.54) is 25.8 Å². The summed E-state index contributed by atoms with van der Waals surface area (Å²) >= 11 is 0. The van der Waals surface area contributed by atoms with E-state index in [0.717, 1.165) is 37.9 Å². The molecule has 3 atom stereocenters. The molecule has 116 valence electrons. The molecule has 2 heterocycles. The van der Waals surface area contributed by atoms with Crippen LogP contribution >= 0.6 is 0 Å². The minimum atomic E-state index is -0.0202. The van der Waals surface area contributed by atoms with Gasteiger partial charge in [-0.3, -0.25) is 9.69 Å². The van der Waals surface area contributed by atoms with Gasteiger partial charge >= 0.3 is 5.97 Å². The Morgan fingerprint density at radius 3 is 2.80 bits per heavy atom. The Morgan fingerprint density at radius 1 is 1.30 bits per heavy atom. The van der Waals surface area contributed by atoms with E-state index in [2.05, 4.69) is 23.8 Å². The molecule has 4 heteroatoms. The van der Waals surface area contributed by atoms with Gasteiger partial charge in [-0.1, -0.05) is 13.3 Å². The molecule has 0 bridgehead atoms. The number of rotatable bonds is 5. The van der Waals surface area contributed by atoms with Crippen LogP contribution in [0, 0.1) is 5.92 Å². The van der Waals surface area contributed by atoms with Crippen molar-refractivity contribution in [1.29, 1.82) is 0 Å². The summed E-state index contributed by atoms with van der Waals surface area (Å²) in [5.41, 5.74) is 0. The van der Waals surface area contributed by atoms with Crippen molar-refractivity contribution in [3.05, 3.63) is 0 Å². The highest BCUT2D eigenvalue weighted by atomic mass is 16.5. The second-order valence-corrected chi connectivity index (χ2v) is 6.29. The maximum absolute atomic E-state index is 12.2. The summed E-state index contributed by atoms with van der Waals surface area (Å²) in [5, 5.41) is 0. The van der Waals surface area contributed by atoms with Crippen LogP contribution in [-0.2, 0) is 9.53 Å². The Balaban J connectivity index is 1.98. The van der Waals surface area contributed by atoms with Crippen molar-refractivity contribution < 1.29 is 9.53 Å². The van der Waals surface area contributed by atoms with E-state index in [4.69, 9.17) is 4.74 Å². The Morgan fingerprint density at radius 2 is 2.10 bits per heavy atom. The van der Waals surface area contributed by atoms with Gasteiger partial charge in [0.25, 0.3) is 0 Å². The van der Waals surface area contributed by atoms with Gasteiger partial charge in [-0.15, -0.1) is 0 Å². The molecule has 20 heavy (non-hydrogen) atoms. The summed E-state index contributed by atoms with van der Waals surface area (Å²) in [6.07, 6.45) is 5.76. The molecule has 2 aliphatic heterocycles. The summed E-state index contributed by atoms with van der Waals surface area (Å²) in [7, 11) is 2.25. The van der Waals surface area contributed by atoms with Crippen LogP contribution in [-0.4, -0.2) is 61.1 Å². The van der Waals surface area contributed by atoms with Crippen molar-refractivity contribution >= 4 is 5.97 Å². The highest BCUT2D eigenvalue weighted by Crippen LogP contribution is 2.31. The number of nitrogens with zero attached hydrogens (tertiary/aromatic N) is 2. The second kappa shape index (κ2) is 7.41. The molecule has 2 saturated heterocycles. The van der Waals surface area contributed by atoms with Crippen molar-refractivity contribution in [2.75, 3.05) is 33.3 Å². The topological polar surface area (TPSA) is 32.8 Å². The van der Waals surface area contributed by atoms with Crippen LogP contribution in [0.3, 0.4) is 0 Å². The number of esters is 1. The molecule has 0 spiro atoms. The van der Waals surface area contributed by atoms with E-state index < -0.39 is 0 Å². The molecule has 3 unspecified atom stereocenters. The molecule has 0 aromatic heterocycles. The number of hydrogen-bond acceptors (Lipinski definition) is 4. The van der Waals surface area contributed by atoms with Crippen LogP contribution in [0.15, 0.2) is 0 Å². The Kier molecular flexibility index (Phi) is 5.85. The highest BCUT2D eigenvalue weighted by molar-refractivity contribution is 5.75. The molecule has 2 rings (SSSR count). The first kappa shape index (κ1) is 15.8. The third-order valence-electron chi connectivity index (χ3n) is 4.94. The normalized spacial score (nSPS) is 29.8. The molecule has 0 aromatic rings. The van der Waals surface area contributed by atoms with Gasteiger partial charge in [-0.05, 0) is 52.1 Å². The van der Waals surface area contributed by atoms with E-state index in [9.17, 15) is 4.79 Å². The van der Waals surface area contributed by atoms with E-state index >= 15 is 0 Å². The first-order chi connectivity index (χ1) is 9.67. The largest absolute Gasteiger partial charge is 0.465 e. The summed E-state index contributed by atoms with van der Waals surface area (Å²) in [6.45, 7) is 7.86. The number of ether oxygens (including phenoxy) is 1. The number of piperidine rings is 2. The lowest BCUT2D eigenvalue weighted by atomic mass is 9.83. The number of likely N-dealkylation sites (tertiary alicyclic amines) is 2. The van der Waals surface area contributed by atoms with Crippen molar-refractivity contribution in [1.82, 2.24) is 9.80 Å². The van der Waals surface area contributed by atoms with Gasteiger partial charge in [0.05, 0.1) is 6.61 Å². The lowest BCUT2D eigenvalue weighted by Crippen LogP contribution is -2.56. The molecule has 2 aliphatic rings. The molecule has 4 nitrogen and oxygen atoms in total. The zero-order valence-electron chi connectivity index (χ0n) is 13.3. The van der Waals surface area contributed by atoms with E-state index in [1.54, 1.807) is 0 Å². The van der Waals surface area contributed by atoms with Crippen molar-refractivity contribution in [2.24, 2.45) is 5.92 Å². The fourth-order valence-corrected chi connectivity index (χ4v) is 3.93. The van der Waals surface area contributed by atoms with Gasteiger partial charge in [0.1, 0.15) is 6.04 Å². The molecule has 0 aliphatic carbocycles. The molecule has 0 saturated carbocycles. The average molecular weight is 282 g/mol. The molecular weight excluding hydrogens is 252 g/mol. The zero-order chi connectivity index (χ0) is 14.5. The fourth-order valence-electron chi connectivity index (χ4n) is 3.93. The number of carbonyl (C=O) groups excluding carboxylic acids is 1. The molecule has 0 amide bonds. The zero-order valence-corrected chi connectivity index (χ0v) is 13.3. The SMILES string of the molecule is CCCC(C(=O)OCC)N1CCC2C(CCCN2C)C1. The van der Waals surface area contributed by atoms with Crippen LogP contribution in [0.4, 0.5) is 0 Å².